The van der Waals surface area contributed by atoms with E-state index in [4.69, 9.17) is 4.98 Å². The first-order chi connectivity index (χ1) is 14.2. The Labute approximate surface area is 173 Å². The highest BCUT2D eigenvalue weighted by atomic mass is 79.9. The Hall–Kier alpha value is -3.53. The molecule has 0 atom stereocenters. The van der Waals surface area contributed by atoms with Crippen LogP contribution in [0.5, 0.6) is 0 Å². The van der Waals surface area contributed by atoms with Crippen LogP contribution < -0.4 is 0 Å². The van der Waals surface area contributed by atoms with Gasteiger partial charge in [-0.2, -0.15) is 5.10 Å². The summed E-state index contributed by atoms with van der Waals surface area (Å²) in [7, 11) is 1.86. The van der Waals surface area contributed by atoms with E-state index in [1.165, 1.54) is 0 Å². The summed E-state index contributed by atoms with van der Waals surface area (Å²) >= 11 is 3.36. The van der Waals surface area contributed by atoms with Crippen LogP contribution in [-0.4, -0.2) is 44.7 Å². The Morgan fingerprint density at radius 2 is 1.86 bits per heavy atom. The molecule has 0 amide bonds. The highest BCUT2D eigenvalue weighted by Gasteiger charge is 2.12. The fraction of sp³-hybridized carbons (Fsp3) is 0.105. The number of hydrogen-bond acceptors (Lipinski definition) is 7. The normalized spacial score (nSPS) is 11.2. The molecule has 0 aliphatic carbocycles. The Balaban J connectivity index is 1.49. The fourth-order valence-electron chi connectivity index (χ4n) is 3.00. The van der Waals surface area contributed by atoms with Gasteiger partial charge in [0.2, 0.25) is 5.65 Å². The lowest BCUT2D eigenvalue weighted by Gasteiger charge is -2.05. The van der Waals surface area contributed by atoms with E-state index < -0.39 is 0 Å². The van der Waals surface area contributed by atoms with Crippen molar-refractivity contribution in [2.75, 3.05) is 0 Å². The van der Waals surface area contributed by atoms with Gasteiger partial charge in [-0.15, -0.1) is 5.10 Å². The second-order valence-electron chi connectivity index (χ2n) is 6.48. The van der Waals surface area contributed by atoms with E-state index in [0.717, 1.165) is 26.9 Å². The van der Waals surface area contributed by atoms with Gasteiger partial charge in [-0.3, -0.25) is 4.68 Å². The van der Waals surface area contributed by atoms with Gasteiger partial charge in [-0.05, 0) is 27.6 Å². The third-order valence-corrected chi connectivity index (χ3v) is 4.78. The quantitative estimate of drug-likeness (QED) is 0.417. The van der Waals surface area contributed by atoms with Gasteiger partial charge in [0.1, 0.15) is 0 Å². The molecule has 0 saturated carbocycles. The van der Waals surface area contributed by atoms with Crippen molar-refractivity contribution in [1.29, 1.82) is 0 Å². The number of nitrogens with zero attached hydrogens (tertiary/aromatic N) is 9. The summed E-state index contributed by atoms with van der Waals surface area (Å²) in [5, 5.41) is 12.6. The number of rotatable bonds is 4. The number of halogens is 1. The van der Waals surface area contributed by atoms with Gasteiger partial charge >= 0.3 is 0 Å². The summed E-state index contributed by atoms with van der Waals surface area (Å²) in [5.74, 6) is 0.664. The molecule has 0 spiro atoms. The molecule has 0 N–H and O–H groups in total. The summed E-state index contributed by atoms with van der Waals surface area (Å²) in [4.78, 5) is 17.8. The molecule has 5 rings (SSSR count). The summed E-state index contributed by atoms with van der Waals surface area (Å²) in [6.07, 6.45) is 8.80. The zero-order valence-electron chi connectivity index (χ0n) is 15.3. The van der Waals surface area contributed by atoms with Gasteiger partial charge in [-0.25, -0.2) is 24.6 Å². The molecular weight excluding hydrogens is 434 g/mol. The molecule has 29 heavy (non-hydrogen) atoms. The molecular formula is C19H14BrN9. The van der Waals surface area contributed by atoms with Crippen molar-refractivity contribution >= 4 is 27.2 Å². The van der Waals surface area contributed by atoms with Crippen LogP contribution in [0.4, 0.5) is 0 Å². The van der Waals surface area contributed by atoms with E-state index in [1.807, 2.05) is 37.5 Å². The first-order valence-corrected chi connectivity index (χ1v) is 9.57. The monoisotopic (exact) mass is 447 g/mol. The number of aromatic nitrogens is 9. The van der Waals surface area contributed by atoms with Gasteiger partial charge < -0.3 is 0 Å². The predicted molar refractivity (Wildman–Crippen MR) is 110 cm³/mol. The second-order valence-corrected chi connectivity index (χ2v) is 7.39. The number of hydrogen-bond donors (Lipinski definition) is 0. The average Bonchev–Trinajstić information content (AvgIpc) is 3.35. The molecule has 4 aromatic heterocycles. The lowest BCUT2D eigenvalue weighted by Crippen LogP contribution is -2.04. The van der Waals surface area contributed by atoms with Gasteiger partial charge in [0.25, 0.3) is 0 Å². The van der Waals surface area contributed by atoms with E-state index in [-0.39, 0.29) is 0 Å². The highest BCUT2D eigenvalue weighted by molar-refractivity contribution is 9.10. The van der Waals surface area contributed by atoms with Crippen LogP contribution in [-0.2, 0) is 13.6 Å². The highest BCUT2D eigenvalue weighted by Crippen LogP contribution is 2.20. The smallest absolute Gasteiger partial charge is 0.221 e. The molecule has 0 aliphatic rings. The van der Waals surface area contributed by atoms with Crippen LogP contribution in [0.25, 0.3) is 33.9 Å². The maximum Gasteiger partial charge on any atom is 0.221 e. The average molecular weight is 448 g/mol. The molecule has 0 unspecified atom stereocenters. The zero-order valence-corrected chi connectivity index (χ0v) is 16.9. The van der Waals surface area contributed by atoms with Crippen molar-refractivity contribution < 1.29 is 0 Å². The molecule has 0 fully saturated rings. The molecule has 5 aromatic rings. The number of fused-ring (bicyclic) bond motifs is 1. The summed E-state index contributed by atoms with van der Waals surface area (Å²) in [6, 6.07) is 8.01. The first kappa shape index (κ1) is 17.6. The first-order valence-electron chi connectivity index (χ1n) is 8.78. The van der Waals surface area contributed by atoms with Crippen LogP contribution in [0.2, 0.25) is 0 Å². The number of aryl methyl sites for hydroxylation is 1. The van der Waals surface area contributed by atoms with E-state index >= 15 is 0 Å². The zero-order chi connectivity index (χ0) is 19.8. The minimum Gasteiger partial charge on any atom is -0.275 e. The van der Waals surface area contributed by atoms with Gasteiger partial charge in [0.15, 0.2) is 11.5 Å². The topological polar surface area (TPSA) is 100 Å². The van der Waals surface area contributed by atoms with Crippen LogP contribution in [0.1, 0.15) is 5.56 Å². The SMILES string of the molecule is Cn1cc(-c2cnc3nnn(Cc4cccc(-c5ncc(Br)cn5)c4)c3n2)cn1. The van der Waals surface area contributed by atoms with E-state index in [9.17, 15) is 0 Å². The standard InChI is InChI=1S/C19H14BrN9/c1-28-11-14(6-24-28)16-9-23-18-19(25-16)29(27-26-18)10-12-3-2-4-13(5-12)17-21-7-15(20)8-22-17/h2-9,11H,10H2,1H3. The van der Waals surface area contributed by atoms with Crippen LogP contribution in [0, 0.1) is 0 Å². The van der Waals surface area contributed by atoms with Crippen LogP contribution in [0.15, 0.2) is 59.7 Å². The molecule has 0 bridgehead atoms. The minimum atomic E-state index is 0.505. The van der Waals surface area contributed by atoms with Crippen LogP contribution in [0.3, 0.4) is 0 Å². The third-order valence-electron chi connectivity index (χ3n) is 4.37. The van der Waals surface area contributed by atoms with E-state index in [2.05, 4.69) is 46.3 Å². The minimum absolute atomic E-state index is 0.505. The Morgan fingerprint density at radius 1 is 1.00 bits per heavy atom. The lowest BCUT2D eigenvalue weighted by atomic mass is 10.1. The molecule has 1 aromatic carbocycles. The van der Waals surface area contributed by atoms with Crippen molar-refractivity contribution in [1.82, 2.24) is 44.7 Å². The Bertz CT molecular complexity index is 1310. The van der Waals surface area contributed by atoms with E-state index in [0.29, 0.717) is 23.7 Å². The lowest BCUT2D eigenvalue weighted by molar-refractivity contribution is 0.664. The van der Waals surface area contributed by atoms with Crippen molar-refractivity contribution in [3.8, 4) is 22.6 Å². The fourth-order valence-corrected chi connectivity index (χ4v) is 3.20. The predicted octanol–water partition coefficient (Wildman–Crippen LogP) is 2.89. The van der Waals surface area contributed by atoms with Crippen LogP contribution >= 0.6 is 15.9 Å². The van der Waals surface area contributed by atoms with Crippen molar-refractivity contribution in [2.45, 2.75) is 6.54 Å². The third kappa shape index (κ3) is 3.49. The summed E-state index contributed by atoms with van der Waals surface area (Å²) in [5.41, 5.74) is 4.72. The molecule has 0 saturated heterocycles. The summed E-state index contributed by atoms with van der Waals surface area (Å²) in [6.45, 7) is 0.506. The molecule has 0 radical (unpaired) electrons. The molecule has 0 aliphatic heterocycles. The second kappa shape index (κ2) is 7.13. The molecule has 10 heteroatoms. The Kier molecular flexibility index (Phi) is 4.32. The van der Waals surface area contributed by atoms with Crippen molar-refractivity contribution in [3.05, 3.63) is 65.3 Å². The Morgan fingerprint density at radius 3 is 2.66 bits per heavy atom. The summed E-state index contributed by atoms with van der Waals surface area (Å²) < 4.78 is 4.31. The number of benzene rings is 1. The van der Waals surface area contributed by atoms with Gasteiger partial charge in [0, 0.05) is 36.8 Å². The van der Waals surface area contributed by atoms with Gasteiger partial charge in [0.05, 0.1) is 29.1 Å². The molecule has 142 valence electrons. The van der Waals surface area contributed by atoms with Crippen molar-refractivity contribution in [3.63, 3.8) is 0 Å². The maximum atomic E-state index is 4.70. The molecule has 4 heterocycles. The molecule has 9 nitrogen and oxygen atoms in total. The van der Waals surface area contributed by atoms with Gasteiger partial charge in [-0.1, -0.05) is 23.4 Å². The maximum absolute atomic E-state index is 4.70. The van der Waals surface area contributed by atoms with E-state index in [1.54, 1.807) is 34.2 Å². The van der Waals surface area contributed by atoms with Crippen molar-refractivity contribution in [2.24, 2.45) is 7.05 Å². The largest absolute Gasteiger partial charge is 0.275 e.